The van der Waals surface area contributed by atoms with Crippen molar-refractivity contribution in [1.82, 2.24) is 0 Å². The Hall–Kier alpha value is -0.770. The fourth-order valence-electron chi connectivity index (χ4n) is 1.63. The molecule has 2 rings (SSSR count). The van der Waals surface area contributed by atoms with Crippen LogP contribution in [0, 0.1) is 0 Å². The molecule has 2 atom stereocenters. The summed E-state index contributed by atoms with van der Waals surface area (Å²) in [6.45, 7) is 2.35. The van der Waals surface area contributed by atoms with E-state index < -0.39 is 5.79 Å². The monoisotopic (exact) mass is 228 g/mol. The van der Waals surface area contributed by atoms with Gasteiger partial charge in [0.1, 0.15) is 5.75 Å². The Bertz CT molecular complexity index is 338. The molecule has 0 saturated carbocycles. The van der Waals surface area contributed by atoms with Crippen LogP contribution in [-0.4, -0.2) is 23.7 Å². The van der Waals surface area contributed by atoms with Crippen LogP contribution in [0.2, 0.25) is 0 Å². The van der Waals surface area contributed by atoms with Gasteiger partial charge in [0.05, 0.1) is 18.6 Å². The van der Waals surface area contributed by atoms with E-state index in [2.05, 4.69) is 0 Å². The van der Waals surface area contributed by atoms with E-state index in [-0.39, 0.29) is 11.9 Å². The van der Waals surface area contributed by atoms with E-state index in [1.165, 1.54) is 0 Å². The highest BCUT2D eigenvalue weighted by Crippen LogP contribution is 2.34. The van der Waals surface area contributed by atoms with E-state index in [1.807, 2.05) is 6.92 Å². The van der Waals surface area contributed by atoms with Gasteiger partial charge in [0.2, 0.25) is 0 Å². The number of phenols is 1. The fraction of sp³-hybridized carbons (Fsp3) is 0.455. The summed E-state index contributed by atoms with van der Waals surface area (Å²) in [7, 11) is 0. The Morgan fingerprint density at radius 2 is 2.13 bits per heavy atom. The summed E-state index contributed by atoms with van der Waals surface area (Å²) < 4.78 is 11.3. The molecule has 3 nitrogen and oxygen atoms in total. The van der Waals surface area contributed by atoms with Gasteiger partial charge in [-0.2, -0.15) is 0 Å². The molecule has 15 heavy (non-hydrogen) atoms. The van der Waals surface area contributed by atoms with Gasteiger partial charge in [-0.25, -0.2) is 0 Å². The van der Waals surface area contributed by atoms with Crippen molar-refractivity contribution in [3.05, 3.63) is 29.8 Å². The van der Waals surface area contributed by atoms with Crippen molar-refractivity contribution < 1.29 is 14.6 Å². The van der Waals surface area contributed by atoms with Crippen molar-refractivity contribution in [2.75, 3.05) is 12.5 Å². The quantitative estimate of drug-likeness (QED) is 0.789. The maximum atomic E-state index is 9.18. The summed E-state index contributed by atoms with van der Waals surface area (Å²) in [5.74, 6) is -0.0877. The molecular formula is C11H13ClO3. The third kappa shape index (κ3) is 2.09. The first kappa shape index (κ1) is 10.7. The van der Waals surface area contributed by atoms with Crippen LogP contribution >= 0.6 is 11.6 Å². The topological polar surface area (TPSA) is 38.7 Å². The van der Waals surface area contributed by atoms with Crippen molar-refractivity contribution in [3.8, 4) is 5.75 Å². The second-order valence-corrected chi connectivity index (χ2v) is 4.01. The first-order valence-corrected chi connectivity index (χ1v) is 5.35. The molecule has 0 radical (unpaired) electrons. The Morgan fingerprint density at radius 3 is 2.67 bits per heavy atom. The number of hydrogen-bond donors (Lipinski definition) is 1. The fourth-order valence-corrected chi connectivity index (χ4v) is 1.78. The lowest BCUT2D eigenvalue weighted by Crippen LogP contribution is -2.24. The van der Waals surface area contributed by atoms with E-state index in [9.17, 15) is 5.11 Å². The second-order valence-electron chi connectivity index (χ2n) is 3.70. The normalized spacial score (nSPS) is 30.7. The maximum absolute atomic E-state index is 9.18. The molecule has 1 fully saturated rings. The van der Waals surface area contributed by atoms with Gasteiger partial charge in [-0.15, -0.1) is 11.6 Å². The van der Waals surface area contributed by atoms with Gasteiger partial charge in [-0.3, -0.25) is 0 Å². The molecule has 4 heteroatoms. The van der Waals surface area contributed by atoms with Crippen LogP contribution in [-0.2, 0) is 15.3 Å². The van der Waals surface area contributed by atoms with E-state index >= 15 is 0 Å². The molecule has 2 unspecified atom stereocenters. The molecule has 1 aliphatic rings. The lowest BCUT2D eigenvalue weighted by molar-refractivity contribution is -0.159. The van der Waals surface area contributed by atoms with Gasteiger partial charge in [-0.1, -0.05) is 0 Å². The highest BCUT2D eigenvalue weighted by Gasteiger charge is 2.38. The van der Waals surface area contributed by atoms with Gasteiger partial charge < -0.3 is 14.6 Å². The molecule has 1 saturated heterocycles. The molecule has 0 aromatic heterocycles. The first-order chi connectivity index (χ1) is 7.14. The van der Waals surface area contributed by atoms with E-state index in [0.717, 1.165) is 5.56 Å². The number of hydrogen-bond acceptors (Lipinski definition) is 3. The molecule has 0 spiro atoms. The van der Waals surface area contributed by atoms with Crippen molar-refractivity contribution in [1.29, 1.82) is 0 Å². The van der Waals surface area contributed by atoms with Gasteiger partial charge in [0.25, 0.3) is 0 Å². The largest absolute Gasteiger partial charge is 0.508 e. The number of ether oxygens (including phenoxy) is 2. The van der Waals surface area contributed by atoms with Gasteiger partial charge >= 0.3 is 0 Å². The maximum Gasteiger partial charge on any atom is 0.192 e. The summed E-state index contributed by atoms with van der Waals surface area (Å²) in [6.07, 6.45) is -0.0644. The number of phenolic OH excluding ortho intramolecular Hbond substituents is 1. The zero-order chi connectivity index (χ0) is 10.9. The minimum absolute atomic E-state index is 0.0644. The lowest BCUT2D eigenvalue weighted by atomic mass is 10.1. The molecule has 1 heterocycles. The van der Waals surface area contributed by atoms with Crippen LogP contribution in [0.5, 0.6) is 5.75 Å². The van der Waals surface area contributed by atoms with Crippen LogP contribution in [0.1, 0.15) is 12.5 Å². The zero-order valence-electron chi connectivity index (χ0n) is 8.44. The van der Waals surface area contributed by atoms with Crippen molar-refractivity contribution in [2.45, 2.75) is 18.8 Å². The minimum atomic E-state index is -0.743. The van der Waals surface area contributed by atoms with Gasteiger partial charge in [0.15, 0.2) is 5.79 Å². The SMILES string of the molecule is CC1(c2ccc(O)cc2)OCC(CCl)O1. The molecule has 1 N–H and O–H groups in total. The van der Waals surface area contributed by atoms with Gasteiger partial charge in [-0.05, 0) is 31.2 Å². The molecule has 0 bridgehead atoms. The highest BCUT2D eigenvalue weighted by molar-refractivity contribution is 6.18. The number of benzene rings is 1. The highest BCUT2D eigenvalue weighted by atomic mass is 35.5. The molecule has 82 valence electrons. The Labute approximate surface area is 93.6 Å². The molecular weight excluding hydrogens is 216 g/mol. The van der Waals surface area contributed by atoms with E-state index in [0.29, 0.717) is 12.5 Å². The van der Waals surface area contributed by atoms with E-state index in [4.69, 9.17) is 21.1 Å². The smallest absolute Gasteiger partial charge is 0.192 e. The lowest BCUT2D eigenvalue weighted by Gasteiger charge is -2.23. The first-order valence-electron chi connectivity index (χ1n) is 4.81. The third-order valence-corrected chi connectivity index (χ3v) is 2.84. The Balaban J connectivity index is 2.20. The molecule has 1 aromatic rings. The summed E-state index contributed by atoms with van der Waals surface area (Å²) in [5.41, 5.74) is 0.882. The third-order valence-electron chi connectivity index (χ3n) is 2.50. The molecule has 0 aliphatic carbocycles. The molecule has 1 aromatic carbocycles. The molecule has 1 aliphatic heterocycles. The predicted octanol–water partition coefficient (Wildman–Crippen LogP) is 2.22. The summed E-state index contributed by atoms with van der Waals surface area (Å²) in [5, 5.41) is 9.18. The van der Waals surface area contributed by atoms with Crippen LogP contribution in [0.15, 0.2) is 24.3 Å². The van der Waals surface area contributed by atoms with Crippen molar-refractivity contribution in [2.24, 2.45) is 0 Å². The minimum Gasteiger partial charge on any atom is -0.508 e. The summed E-state index contributed by atoms with van der Waals surface area (Å²) >= 11 is 5.70. The average molecular weight is 229 g/mol. The van der Waals surface area contributed by atoms with Crippen molar-refractivity contribution >= 4 is 11.6 Å². The Morgan fingerprint density at radius 1 is 1.47 bits per heavy atom. The van der Waals surface area contributed by atoms with Crippen molar-refractivity contribution in [3.63, 3.8) is 0 Å². The summed E-state index contributed by atoms with van der Waals surface area (Å²) in [4.78, 5) is 0. The number of aromatic hydroxyl groups is 1. The average Bonchev–Trinajstić information content (AvgIpc) is 2.62. The standard InChI is InChI=1S/C11H13ClO3/c1-11(14-7-10(6-12)15-11)8-2-4-9(13)5-3-8/h2-5,10,13H,6-7H2,1H3. The predicted molar refractivity (Wildman–Crippen MR) is 57.0 cm³/mol. The zero-order valence-corrected chi connectivity index (χ0v) is 9.20. The van der Waals surface area contributed by atoms with Crippen LogP contribution in [0.4, 0.5) is 0 Å². The number of rotatable bonds is 2. The second kappa shape index (κ2) is 4.00. The molecule has 0 amide bonds. The van der Waals surface area contributed by atoms with Crippen LogP contribution in [0.3, 0.4) is 0 Å². The van der Waals surface area contributed by atoms with Crippen LogP contribution < -0.4 is 0 Å². The van der Waals surface area contributed by atoms with Crippen LogP contribution in [0.25, 0.3) is 0 Å². The van der Waals surface area contributed by atoms with Gasteiger partial charge in [0, 0.05) is 5.56 Å². The number of alkyl halides is 1. The summed E-state index contributed by atoms with van der Waals surface area (Å²) in [6, 6.07) is 6.79. The number of halogens is 1. The van der Waals surface area contributed by atoms with E-state index in [1.54, 1.807) is 24.3 Å². The Kier molecular flexibility index (Phi) is 2.87.